The van der Waals surface area contributed by atoms with E-state index in [-0.39, 0.29) is 0 Å². The molecule has 0 amide bonds. The number of benzene rings is 2. The molecule has 0 N–H and O–H groups in total. The lowest BCUT2D eigenvalue weighted by Gasteiger charge is -2.18. The molecule has 3 rings (SSSR count). The lowest BCUT2D eigenvalue weighted by molar-refractivity contribution is 0.897. The van der Waals surface area contributed by atoms with Gasteiger partial charge >= 0.3 is 0 Å². The molecule has 0 fully saturated rings. The van der Waals surface area contributed by atoms with Crippen LogP contribution in [0.5, 0.6) is 0 Å². The van der Waals surface area contributed by atoms with E-state index in [1.165, 1.54) is 16.8 Å². The SMILES string of the molecule is CN1CCN=C(C=Cc2ccccc2)c2ccccc21. The Hall–Kier alpha value is -2.35. The van der Waals surface area contributed by atoms with E-state index < -0.39 is 0 Å². The summed E-state index contributed by atoms with van der Waals surface area (Å²) in [5.74, 6) is 0. The van der Waals surface area contributed by atoms with Gasteiger partial charge in [-0.2, -0.15) is 0 Å². The van der Waals surface area contributed by atoms with Crippen molar-refractivity contribution < 1.29 is 0 Å². The number of hydrogen-bond donors (Lipinski definition) is 0. The third-order valence-electron chi connectivity index (χ3n) is 3.54. The van der Waals surface area contributed by atoms with Gasteiger partial charge in [-0.1, -0.05) is 54.6 Å². The molecule has 0 bridgehead atoms. The molecule has 2 aromatic carbocycles. The number of rotatable bonds is 2. The van der Waals surface area contributed by atoms with Crippen molar-refractivity contribution in [2.75, 3.05) is 25.0 Å². The van der Waals surface area contributed by atoms with Gasteiger partial charge in [-0.05, 0) is 17.7 Å². The van der Waals surface area contributed by atoms with Gasteiger partial charge in [0.1, 0.15) is 0 Å². The van der Waals surface area contributed by atoms with Crippen molar-refractivity contribution in [3.63, 3.8) is 0 Å². The van der Waals surface area contributed by atoms with Gasteiger partial charge in [0, 0.05) is 24.8 Å². The number of benzodiazepines with no additional fused rings is 1. The smallest absolute Gasteiger partial charge is 0.0668 e. The molecule has 0 aliphatic carbocycles. The first kappa shape index (κ1) is 12.7. The Morgan fingerprint density at radius 2 is 1.70 bits per heavy atom. The number of anilines is 1. The van der Waals surface area contributed by atoms with E-state index in [4.69, 9.17) is 4.99 Å². The van der Waals surface area contributed by atoms with E-state index in [1.54, 1.807) is 0 Å². The first-order chi connectivity index (χ1) is 9.84. The van der Waals surface area contributed by atoms with E-state index in [0.717, 1.165) is 18.8 Å². The fourth-order valence-corrected chi connectivity index (χ4v) is 2.43. The molecule has 0 aromatic heterocycles. The Balaban J connectivity index is 1.95. The number of likely N-dealkylation sites (N-methyl/N-ethyl adjacent to an activating group) is 1. The molecular weight excluding hydrogens is 244 g/mol. The molecule has 1 aliphatic heterocycles. The molecule has 2 aromatic rings. The maximum Gasteiger partial charge on any atom is 0.0668 e. The maximum atomic E-state index is 4.72. The van der Waals surface area contributed by atoms with Crippen LogP contribution >= 0.6 is 0 Å². The second kappa shape index (κ2) is 5.74. The van der Waals surface area contributed by atoms with Crippen molar-refractivity contribution in [3.8, 4) is 0 Å². The van der Waals surface area contributed by atoms with Crippen molar-refractivity contribution in [2.24, 2.45) is 4.99 Å². The van der Waals surface area contributed by atoms with E-state index >= 15 is 0 Å². The minimum absolute atomic E-state index is 0.833. The van der Waals surface area contributed by atoms with E-state index in [9.17, 15) is 0 Å². The van der Waals surface area contributed by atoms with Crippen molar-refractivity contribution in [3.05, 3.63) is 71.8 Å². The van der Waals surface area contributed by atoms with E-state index in [0.29, 0.717) is 0 Å². The van der Waals surface area contributed by atoms with Crippen molar-refractivity contribution in [1.82, 2.24) is 0 Å². The van der Waals surface area contributed by atoms with Crippen molar-refractivity contribution >= 4 is 17.5 Å². The highest BCUT2D eigenvalue weighted by molar-refractivity contribution is 6.14. The van der Waals surface area contributed by atoms with Crippen LogP contribution in [0.15, 0.2) is 65.7 Å². The highest BCUT2D eigenvalue weighted by Crippen LogP contribution is 2.22. The summed E-state index contributed by atoms with van der Waals surface area (Å²) < 4.78 is 0. The summed E-state index contributed by atoms with van der Waals surface area (Å²) in [6, 6.07) is 18.8. The van der Waals surface area contributed by atoms with Crippen LogP contribution in [-0.4, -0.2) is 25.8 Å². The monoisotopic (exact) mass is 262 g/mol. The zero-order valence-electron chi connectivity index (χ0n) is 11.7. The highest BCUT2D eigenvalue weighted by atomic mass is 15.1. The molecule has 1 aliphatic rings. The molecule has 0 unspecified atom stereocenters. The standard InChI is InChI=1S/C18H18N2/c1-20-14-13-19-17(16-9-5-6-10-18(16)20)12-11-15-7-3-2-4-8-15/h2-12H,13-14H2,1H3. The molecule has 0 saturated carbocycles. The number of para-hydroxylation sites is 1. The van der Waals surface area contributed by atoms with Crippen LogP contribution in [0.2, 0.25) is 0 Å². The second-order valence-corrected chi connectivity index (χ2v) is 4.95. The van der Waals surface area contributed by atoms with Crippen LogP contribution in [0.3, 0.4) is 0 Å². The minimum Gasteiger partial charge on any atom is -0.372 e. The van der Waals surface area contributed by atoms with Gasteiger partial charge in [-0.3, -0.25) is 4.99 Å². The summed E-state index contributed by atoms with van der Waals surface area (Å²) in [7, 11) is 2.12. The Labute approximate surface area is 120 Å². The number of nitrogens with zero attached hydrogens (tertiary/aromatic N) is 2. The van der Waals surface area contributed by atoms with Gasteiger partial charge in [0.25, 0.3) is 0 Å². The molecule has 100 valence electrons. The summed E-state index contributed by atoms with van der Waals surface area (Å²) in [6.07, 6.45) is 4.24. The molecule has 1 heterocycles. The van der Waals surface area contributed by atoms with Crippen LogP contribution in [0.1, 0.15) is 11.1 Å². The zero-order valence-corrected chi connectivity index (χ0v) is 11.7. The Bertz CT molecular complexity index is 641. The molecule has 2 nitrogen and oxygen atoms in total. The second-order valence-electron chi connectivity index (χ2n) is 4.95. The fourth-order valence-electron chi connectivity index (χ4n) is 2.43. The Kier molecular flexibility index (Phi) is 3.64. The van der Waals surface area contributed by atoms with Crippen molar-refractivity contribution in [2.45, 2.75) is 0 Å². The summed E-state index contributed by atoms with van der Waals surface area (Å²) in [6.45, 7) is 1.79. The largest absolute Gasteiger partial charge is 0.372 e. The van der Waals surface area contributed by atoms with Crippen LogP contribution < -0.4 is 4.90 Å². The molecule has 20 heavy (non-hydrogen) atoms. The van der Waals surface area contributed by atoms with Gasteiger partial charge in [0.15, 0.2) is 0 Å². The third-order valence-corrected chi connectivity index (χ3v) is 3.54. The third kappa shape index (κ3) is 2.64. The van der Waals surface area contributed by atoms with Crippen LogP contribution in [0.25, 0.3) is 6.08 Å². The quantitative estimate of drug-likeness (QED) is 0.806. The normalized spacial score (nSPS) is 14.8. The molecule has 0 radical (unpaired) electrons. The molecule has 0 atom stereocenters. The molecule has 0 spiro atoms. The predicted molar refractivity (Wildman–Crippen MR) is 86.6 cm³/mol. The summed E-state index contributed by atoms with van der Waals surface area (Å²) >= 11 is 0. The number of allylic oxidation sites excluding steroid dienone is 1. The maximum absolute atomic E-state index is 4.72. The van der Waals surface area contributed by atoms with Crippen LogP contribution in [-0.2, 0) is 0 Å². The number of fused-ring (bicyclic) bond motifs is 1. The predicted octanol–water partition coefficient (Wildman–Crippen LogP) is 3.64. The highest BCUT2D eigenvalue weighted by Gasteiger charge is 2.13. The molecule has 2 heteroatoms. The van der Waals surface area contributed by atoms with Gasteiger partial charge in [-0.15, -0.1) is 0 Å². The van der Waals surface area contributed by atoms with Crippen molar-refractivity contribution in [1.29, 1.82) is 0 Å². The fraction of sp³-hybridized carbons (Fsp3) is 0.167. The molecule has 0 saturated heterocycles. The van der Waals surface area contributed by atoms with Gasteiger partial charge in [-0.25, -0.2) is 0 Å². The summed E-state index contributed by atoms with van der Waals surface area (Å²) in [5, 5.41) is 0. The first-order valence-electron chi connectivity index (χ1n) is 6.93. The lowest BCUT2D eigenvalue weighted by Crippen LogP contribution is -2.20. The zero-order chi connectivity index (χ0) is 13.8. The minimum atomic E-state index is 0.833. The van der Waals surface area contributed by atoms with Gasteiger partial charge in [0.05, 0.1) is 12.3 Å². The van der Waals surface area contributed by atoms with Gasteiger partial charge < -0.3 is 4.90 Å². The summed E-state index contributed by atoms with van der Waals surface area (Å²) in [5.41, 5.74) is 4.72. The first-order valence-corrected chi connectivity index (χ1v) is 6.93. The average molecular weight is 262 g/mol. The molecular formula is C18H18N2. The average Bonchev–Trinajstić information content (AvgIpc) is 2.66. The van der Waals surface area contributed by atoms with E-state index in [1.807, 2.05) is 6.07 Å². The number of hydrogen-bond acceptors (Lipinski definition) is 2. The number of aliphatic imine (C=N–C) groups is 1. The Morgan fingerprint density at radius 1 is 0.950 bits per heavy atom. The van der Waals surface area contributed by atoms with Crippen LogP contribution in [0.4, 0.5) is 5.69 Å². The van der Waals surface area contributed by atoms with E-state index in [2.05, 4.69) is 72.6 Å². The summed E-state index contributed by atoms with van der Waals surface area (Å²) in [4.78, 5) is 6.98. The topological polar surface area (TPSA) is 15.6 Å². The van der Waals surface area contributed by atoms with Crippen LogP contribution in [0, 0.1) is 0 Å². The van der Waals surface area contributed by atoms with Gasteiger partial charge in [0.2, 0.25) is 0 Å². The Morgan fingerprint density at radius 3 is 2.55 bits per heavy atom. The lowest BCUT2D eigenvalue weighted by atomic mass is 10.1.